The fourth-order valence-corrected chi connectivity index (χ4v) is 3.15. The van der Waals surface area contributed by atoms with Crippen LogP contribution in [0.1, 0.15) is 21.5 Å². The summed E-state index contributed by atoms with van der Waals surface area (Å²) in [6, 6.07) is 29.5. The van der Waals surface area contributed by atoms with E-state index in [1.807, 2.05) is 89.7 Å². The number of hydrogen-bond acceptors (Lipinski definition) is 2. The number of amides is 1. The van der Waals surface area contributed by atoms with Crippen LogP contribution in [0.25, 0.3) is 11.3 Å². The molecule has 1 heterocycles. The molecule has 4 rings (SSSR count). The van der Waals surface area contributed by atoms with Gasteiger partial charge in [-0.05, 0) is 17.7 Å². The lowest BCUT2D eigenvalue weighted by atomic mass is 10.1. The van der Waals surface area contributed by atoms with E-state index in [1.54, 1.807) is 0 Å². The highest BCUT2D eigenvalue weighted by atomic mass is 16.1. The van der Waals surface area contributed by atoms with Crippen LogP contribution >= 0.6 is 0 Å². The molecule has 0 aliphatic heterocycles. The molecule has 1 amide bonds. The third-order valence-electron chi connectivity index (χ3n) is 4.55. The van der Waals surface area contributed by atoms with Gasteiger partial charge < -0.3 is 5.32 Å². The van der Waals surface area contributed by atoms with E-state index in [1.165, 1.54) is 5.56 Å². The van der Waals surface area contributed by atoms with Crippen molar-refractivity contribution in [1.29, 1.82) is 0 Å². The Bertz CT molecular complexity index is 1040. The maximum absolute atomic E-state index is 12.4. The lowest BCUT2D eigenvalue weighted by Crippen LogP contribution is -2.22. The van der Waals surface area contributed by atoms with Crippen LogP contribution in [0.2, 0.25) is 0 Å². The molecule has 1 N–H and O–H groups in total. The highest BCUT2D eigenvalue weighted by molar-refractivity contribution is 5.94. The van der Waals surface area contributed by atoms with E-state index in [9.17, 15) is 4.79 Å². The van der Waals surface area contributed by atoms with Gasteiger partial charge in [0.2, 0.25) is 0 Å². The van der Waals surface area contributed by atoms with Crippen LogP contribution in [0.3, 0.4) is 0 Å². The molecule has 0 bridgehead atoms. The highest BCUT2D eigenvalue weighted by Gasteiger charge is 2.13. The third-order valence-corrected chi connectivity index (χ3v) is 4.55. The van der Waals surface area contributed by atoms with Crippen molar-refractivity contribution >= 4 is 5.91 Å². The Morgan fingerprint density at radius 3 is 2.11 bits per heavy atom. The molecule has 1 aromatic heterocycles. The third kappa shape index (κ3) is 4.18. The van der Waals surface area contributed by atoms with Gasteiger partial charge in [-0.2, -0.15) is 5.10 Å². The second kappa shape index (κ2) is 8.35. The molecule has 138 valence electrons. The number of benzene rings is 3. The van der Waals surface area contributed by atoms with E-state index < -0.39 is 0 Å². The van der Waals surface area contributed by atoms with Crippen LogP contribution in [-0.4, -0.2) is 15.7 Å². The summed E-state index contributed by atoms with van der Waals surface area (Å²) in [6.45, 7) is 1.11. The van der Waals surface area contributed by atoms with Crippen molar-refractivity contribution in [2.75, 3.05) is 0 Å². The quantitative estimate of drug-likeness (QED) is 0.544. The lowest BCUT2D eigenvalue weighted by Gasteiger charge is -2.05. The summed E-state index contributed by atoms with van der Waals surface area (Å²) in [5, 5.41) is 7.80. The SMILES string of the molecule is O=C(NCc1cn(Cc2ccccc2)nc1-c1ccccc1)c1ccccc1. The lowest BCUT2D eigenvalue weighted by molar-refractivity contribution is 0.0951. The summed E-state index contributed by atoms with van der Waals surface area (Å²) in [4.78, 5) is 12.4. The van der Waals surface area contributed by atoms with Gasteiger partial charge >= 0.3 is 0 Å². The molecule has 4 heteroatoms. The van der Waals surface area contributed by atoms with Gasteiger partial charge in [0, 0.05) is 29.4 Å². The number of hydrogen-bond donors (Lipinski definition) is 1. The molecule has 3 aromatic carbocycles. The molecule has 4 aromatic rings. The first kappa shape index (κ1) is 17.7. The van der Waals surface area contributed by atoms with Crippen molar-refractivity contribution in [3.8, 4) is 11.3 Å². The maximum atomic E-state index is 12.4. The van der Waals surface area contributed by atoms with Crippen molar-refractivity contribution in [3.05, 3.63) is 114 Å². The fraction of sp³-hybridized carbons (Fsp3) is 0.0833. The van der Waals surface area contributed by atoms with Crippen LogP contribution in [0, 0.1) is 0 Å². The van der Waals surface area contributed by atoms with Gasteiger partial charge in [-0.15, -0.1) is 0 Å². The molecule has 0 atom stereocenters. The number of rotatable bonds is 6. The first-order valence-corrected chi connectivity index (χ1v) is 9.28. The molecule has 0 aliphatic rings. The molecule has 0 spiro atoms. The molecule has 4 nitrogen and oxygen atoms in total. The number of carbonyl (C=O) groups is 1. The van der Waals surface area contributed by atoms with Gasteiger partial charge in [-0.25, -0.2) is 0 Å². The Labute approximate surface area is 164 Å². The van der Waals surface area contributed by atoms with E-state index in [0.717, 1.165) is 16.8 Å². The first-order chi connectivity index (χ1) is 13.8. The van der Waals surface area contributed by atoms with Crippen LogP contribution in [0.5, 0.6) is 0 Å². The van der Waals surface area contributed by atoms with Crippen LogP contribution in [-0.2, 0) is 13.1 Å². The topological polar surface area (TPSA) is 46.9 Å². The second-order valence-corrected chi connectivity index (χ2v) is 6.60. The second-order valence-electron chi connectivity index (χ2n) is 6.60. The number of nitrogens with zero attached hydrogens (tertiary/aromatic N) is 2. The van der Waals surface area contributed by atoms with Crippen molar-refractivity contribution in [2.45, 2.75) is 13.1 Å². The van der Waals surface area contributed by atoms with E-state index in [2.05, 4.69) is 17.4 Å². The van der Waals surface area contributed by atoms with Gasteiger partial charge in [-0.1, -0.05) is 78.9 Å². The Balaban J connectivity index is 1.58. The predicted octanol–water partition coefficient (Wildman–Crippen LogP) is 4.53. The standard InChI is InChI=1S/C24H21N3O/c28-24(21-14-8-3-9-15-21)25-16-22-18-27(17-19-10-4-1-5-11-19)26-23(22)20-12-6-2-7-13-20/h1-15,18H,16-17H2,(H,25,28). The summed E-state index contributed by atoms with van der Waals surface area (Å²) in [5.74, 6) is -0.0876. The summed E-state index contributed by atoms with van der Waals surface area (Å²) in [6.07, 6.45) is 2.01. The highest BCUT2D eigenvalue weighted by Crippen LogP contribution is 2.22. The first-order valence-electron chi connectivity index (χ1n) is 9.28. The molecular formula is C24H21N3O. The molecule has 0 aliphatic carbocycles. The van der Waals surface area contributed by atoms with E-state index >= 15 is 0 Å². The molecule has 28 heavy (non-hydrogen) atoms. The summed E-state index contributed by atoms with van der Waals surface area (Å²) >= 11 is 0. The molecule has 0 fully saturated rings. The van der Waals surface area contributed by atoms with Crippen LogP contribution in [0.4, 0.5) is 0 Å². The van der Waals surface area contributed by atoms with Crippen LogP contribution < -0.4 is 5.32 Å². The van der Waals surface area contributed by atoms with Gasteiger partial charge in [0.25, 0.3) is 5.91 Å². The van der Waals surface area contributed by atoms with E-state index in [0.29, 0.717) is 18.7 Å². The minimum absolute atomic E-state index is 0.0876. The largest absolute Gasteiger partial charge is 0.348 e. The van der Waals surface area contributed by atoms with Gasteiger partial charge in [-0.3, -0.25) is 9.48 Å². The van der Waals surface area contributed by atoms with E-state index in [-0.39, 0.29) is 5.91 Å². The van der Waals surface area contributed by atoms with Gasteiger partial charge in [0.15, 0.2) is 0 Å². The smallest absolute Gasteiger partial charge is 0.251 e. The minimum Gasteiger partial charge on any atom is -0.348 e. The maximum Gasteiger partial charge on any atom is 0.251 e. The van der Waals surface area contributed by atoms with Gasteiger partial charge in [0.1, 0.15) is 0 Å². The Kier molecular flexibility index (Phi) is 5.29. The fourth-order valence-electron chi connectivity index (χ4n) is 3.15. The number of nitrogens with one attached hydrogen (secondary N) is 1. The zero-order valence-electron chi connectivity index (χ0n) is 15.5. The zero-order chi connectivity index (χ0) is 19.2. The van der Waals surface area contributed by atoms with Crippen molar-refractivity contribution in [1.82, 2.24) is 15.1 Å². The Hall–Kier alpha value is -3.66. The molecule has 0 saturated carbocycles. The Morgan fingerprint density at radius 2 is 1.43 bits per heavy atom. The minimum atomic E-state index is -0.0876. The zero-order valence-corrected chi connectivity index (χ0v) is 15.5. The average molecular weight is 367 g/mol. The number of carbonyl (C=O) groups excluding carboxylic acids is 1. The predicted molar refractivity (Wildman–Crippen MR) is 111 cm³/mol. The van der Waals surface area contributed by atoms with Crippen molar-refractivity contribution in [3.63, 3.8) is 0 Å². The number of aromatic nitrogens is 2. The van der Waals surface area contributed by atoms with Crippen molar-refractivity contribution < 1.29 is 4.79 Å². The average Bonchev–Trinajstić information content (AvgIpc) is 3.16. The molecule has 0 saturated heterocycles. The summed E-state index contributed by atoms with van der Waals surface area (Å²) in [5.41, 5.74) is 4.76. The molecule has 0 radical (unpaired) electrons. The normalized spacial score (nSPS) is 10.6. The molecule has 0 unspecified atom stereocenters. The van der Waals surface area contributed by atoms with Gasteiger partial charge in [0.05, 0.1) is 12.2 Å². The van der Waals surface area contributed by atoms with Crippen LogP contribution in [0.15, 0.2) is 97.2 Å². The summed E-state index contributed by atoms with van der Waals surface area (Å²) < 4.78 is 1.93. The summed E-state index contributed by atoms with van der Waals surface area (Å²) in [7, 11) is 0. The van der Waals surface area contributed by atoms with E-state index in [4.69, 9.17) is 5.10 Å². The monoisotopic (exact) mass is 367 g/mol. The molecular weight excluding hydrogens is 346 g/mol. The van der Waals surface area contributed by atoms with Crippen molar-refractivity contribution in [2.24, 2.45) is 0 Å². The Morgan fingerprint density at radius 1 is 0.821 bits per heavy atom.